The van der Waals surface area contributed by atoms with Gasteiger partial charge in [-0.2, -0.15) is 0 Å². The van der Waals surface area contributed by atoms with Gasteiger partial charge in [-0.1, -0.05) is 211 Å². The number of H-pyrrole nitrogens is 3. The van der Waals surface area contributed by atoms with E-state index in [4.69, 9.17) is 44.2 Å². The fourth-order valence-corrected chi connectivity index (χ4v) is 16.7. The van der Waals surface area contributed by atoms with E-state index in [1.54, 1.807) is 28.3 Å². The van der Waals surface area contributed by atoms with Crippen molar-refractivity contribution >= 4 is 112 Å². The molecular weight excluding hydrogens is 1630 g/mol. The number of carboxylic acids is 1. The number of ether oxygens (including phenoxy) is 3. The summed E-state index contributed by atoms with van der Waals surface area (Å²) in [4.78, 5) is 57.1. The first kappa shape index (κ1) is 93.7. The molecule has 8 N–H and O–H groups in total. The topological polar surface area (TPSA) is 275 Å². The van der Waals surface area contributed by atoms with E-state index in [1.165, 1.54) is 11.1 Å². The number of aldehydes is 1. The summed E-state index contributed by atoms with van der Waals surface area (Å²) in [7, 11) is 5.09. The van der Waals surface area contributed by atoms with E-state index in [-0.39, 0.29) is 61.9 Å². The van der Waals surface area contributed by atoms with Crippen LogP contribution in [0.1, 0.15) is 222 Å². The van der Waals surface area contributed by atoms with Crippen LogP contribution < -0.4 is 0 Å². The number of hydrogen-bond donors (Lipinski definition) is 8. The highest BCUT2D eigenvalue weighted by atomic mass is 16.5. The van der Waals surface area contributed by atoms with Crippen LogP contribution in [0.5, 0.6) is 23.0 Å². The summed E-state index contributed by atoms with van der Waals surface area (Å²) in [5.74, 6) is -0.171. The molecule has 0 amide bonds. The quantitative estimate of drug-likeness (QED) is 0.0371. The molecule has 16 aromatic rings. The van der Waals surface area contributed by atoms with Gasteiger partial charge in [0.25, 0.3) is 0 Å². The Morgan fingerprint density at radius 3 is 1.11 bits per heavy atom. The van der Waals surface area contributed by atoms with Crippen LogP contribution in [0.2, 0.25) is 0 Å². The number of fused-ring (bicyclic) bond motifs is 17. The number of phenolic OH excluding ortho intramolecular Hbond substituents is 4. The molecule has 0 spiro atoms. The normalized spacial score (nSPS) is 12.4. The molecule has 17 rings (SSSR count). The van der Waals surface area contributed by atoms with Gasteiger partial charge in [0.1, 0.15) is 23.0 Å². The SMILES string of the molecule is CC(C)(C)c1cc(-c2ccc3ccc4ccc(-c5cc(C(C)(C)C)cc(-c6ccc[nH]6)c5O)nc4c3n2)c(O)c(-c2ccc[nH]2)c1.CCC(=O)O.CCc1cc(C(C)(C)C)cc(COC)c1C=O.COCc1cc(C(C)(C)C)cc(COC)c1-c1c2nc(c3cc(C(C)(C)C)cc(c3O)c3ccc4ccc5ccc(nc5c4n3)c3cc(C(C)(C)C)cc(c3O)c3ccc1[nH]3)C=C2. The predicted molar refractivity (Wildman–Crippen MR) is 538 cm³/mol. The van der Waals surface area contributed by atoms with E-state index >= 15 is 0 Å². The Labute approximate surface area is 767 Å². The molecule has 131 heavy (non-hydrogen) atoms. The van der Waals surface area contributed by atoms with Gasteiger partial charge in [0.2, 0.25) is 0 Å². The number of rotatable bonds is 14. The van der Waals surface area contributed by atoms with Crippen LogP contribution in [0.15, 0.2) is 194 Å². The molecule has 0 saturated carbocycles. The molecule has 8 aromatic heterocycles. The van der Waals surface area contributed by atoms with Crippen LogP contribution in [0.4, 0.5) is 0 Å². The van der Waals surface area contributed by atoms with E-state index in [9.17, 15) is 30.0 Å². The molecule has 0 unspecified atom stereocenters. The van der Waals surface area contributed by atoms with Gasteiger partial charge in [0, 0.05) is 139 Å². The van der Waals surface area contributed by atoms with Gasteiger partial charge in [-0.25, -0.2) is 24.9 Å². The molecular formula is C113H122N8O10. The number of aromatic nitrogens is 8. The second-order valence-corrected chi connectivity index (χ2v) is 40.3. The smallest absolute Gasteiger partial charge is 0.303 e. The minimum atomic E-state index is -0.745. The third kappa shape index (κ3) is 19.6. The van der Waals surface area contributed by atoms with E-state index in [2.05, 4.69) is 219 Å². The number of carbonyl (C=O) groups is 2. The van der Waals surface area contributed by atoms with Crippen molar-refractivity contribution in [2.45, 2.75) is 204 Å². The summed E-state index contributed by atoms with van der Waals surface area (Å²) in [5.41, 5.74) is 25.3. The summed E-state index contributed by atoms with van der Waals surface area (Å²) in [5, 5.41) is 62.0. The standard InChI is InChI=1S/C55H56N4O4.C40H38N4O2.C15H22O2.C3H6O2/c1-53(2,3)34-22-32(28-62-10)47(33(23-34)29-63-11)48-45-20-18-41(56-45)37-24-35(54(4,5)6)26-39(51(37)60)43-16-14-30-12-13-31-15-17-44(59-50(31)49(30)58-43)40-27-36(55(7,8)9)25-38(52(40)61)42-19-21-46(48)57-42;1-39(2,3)25-19-27(31-9-7-17-41-31)37(45)29(21-25)33-15-13-23-11-12-24-14-16-34(44-36(24)35(23)43-33)30-22-26(40(4,5)6)20-28(38(30)46)32-10-8-18-42-32;1-6-11-7-13(15(2,3)4)8-12(10-17-5)14(11)9-16;1-2-3(4)5/h12-27,56,60-61H,28-29H2,1-11H3;7-22,41-42,45-46H,1-6H3;7-9H,6,10H2,1-5H3;2H2,1H3,(H,4,5). The van der Waals surface area contributed by atoms with E-state index in [0.717, 1.165) is 140 Å². The number of benzene rings is 8. The number of hydrogen-bond acceptors (Lipinski definition) is 14. The van der Waals surface area contributed by atoms with Gasteiger partial charge >= 0.3 is 5.97 Å². The molecule has 674 valence electrons. The number of phenols is 4. The lowest BCUT2D eigenvalue weighted by molar-refractivity contribution is -0.136. The molecule has 0 saturated heterocycles. The maximum atomic E-state index is 12.4. The lowest BCUT2D eigenvalue weighted by atomic mass is 9.82. The number of aromatic amines is 3. The van der Waals surface area contributed by atoms with E-state index in [0.29, 0.717) is 97.3 Å². The van der Waals surface area contributed by atoms with Crippen molar-refractivity contribution in [2.24, 2.45) is 0 Å². The van der Waals surface area contributed by atoms with Gasteiger partial charge in [-0.15, -0.1) is 0 Å². The van der Waals surface area contributed by atoms with Gasteiger partial charge in [0.05, 0.1) is 75.7 Å². The lowest BCUT2D eigenvalue weighted by Crippen LogP contribution is -2.14. The van der Waals surface area contributed by atoms with E-state index < -0.39 is 5.97 Å². The molecule has 0 radical (unpaired) electrons. The second kappa shape index (κ2) is 36.9. The number of aliphatic carboxylic acids is 1. The Morgan fingerprint density at radius 1 is 0.366 bits per heavy atom. The van der Waals surface area contributed by atoms with Crippen molar-refractivity contribution in [1.29, 1.82) is 0 Å². The number of nitrogens with zero attached hydrogens (tertiary/aromatic N) is 5. The Kier molecular flexibility index (Phi) is 26.4. The monoisotopic (exact) mass is 1750 g/mol. The van der Waals surface area contributed by atoms with Gasteiger partial charge < -0.3 is 54.7 Å². The highest BCUT2D eigenvalue weighted by Gasteiger charge is 2.30. The van der Waals surface area contributed by atoms with Crippen LogP contribution in [-0.4, -0.2) is 99.0 Å². The zero-order valence-corrected chi connectivity index (χ0v) is 79.8. The number of pyridine rings is 4. The highest BCUT2D eigenvalue weighted by molar-refractivity contribution is 6.10. The first-order chi connectivity index (χ1) is 61.9. The molecule has 0 fully saturated rings. The summed E-state index contributed by atoms with van der Waals surface area (Å²) < 4.78 is 17.0. The third-order valence-corrected chi connectivity index (χ3v) is 24.6. The van der Waals surface area contributed by atoms with Crippen molar-refractivity contribution < 1.29 is 49.3 Å². The van der Waals surface area contributed by atoms with Crippen LogP contribution in [-0.2, 0) is 77.7 Å². The first-order valence-electron chi connectivity index (χ1n) is 44.8. The van der Waals surface area contributed by atoms with Crippen LogP contribution >= 0.6 is 0 Å². The number of carboxylic acid groups (broad SMARTS) is 1. The fraction of sp³-hybridized carbons (Fsp3) is 0.301. The molecule has 8 aromatic carbocycles. The minimum Gasteiger partial charge on any atom is -0.507 e. The van der Waals surface area contributed by atoms with Crippen LogP contribution in [0.3, 0.4) is 0 Å². The predicted octanol–water partition coefficient (Wildman–Crippen LogP) is 27.7. The maximum Gasteiger partial charge on any atom is 0.303 e. The average molecular weight is 1750 g/mol. The molecule has 0 aliphatic carbocycles. The van der Waals surface area contributed by atoms with Crippen molar-refractivity contribution in [1.82, 2.24) is 39.9 Å². The van der Waals surface area contributed by atoms with Crippen LogP contribution in [0.25, 0.3) is 156 Å². The van der Waals surface area contributed by atoms with Crippen molar-refractivity contribution in [2.75, 3.05) is 21.3 Å². The van der Waals surface area contributed by atoms with Crippen molar-refractivity contribution in [3.05, 3.63) is 267 Å². The van der Waals surface area contributed by atoms with Gasteiger partial charge in [0.15, 0.2) is 6.29 Å². The summed E-state index contributed by atoms with van der Waals surface area (Å²) in [6, 6.07) is 61.2. The number of methoxy groups -OCH3 is 3. The number of nitrogens with one attached hydrogen (secondary N) is 3. The lowest BCUT2D eigenvalue weighted by Gasteiger charge is -2.24. The fourth-order valence-electron chi connectivity index (χ4n) is 16.7. The molecule has 9 heterocycles. The van der Waals surface area contributed by atoms with Gasteiger partial charge in [-0.3, -0.25) is 9.59 Å². The molecule has 1 aliphatic heterocycles. The minimum absolute atomic E-state index is 0.0911. The molecule has 1 aliphatic rings. The average Bonchev–Trinajstić information content (AvgIpc) is 1.70. The molecule has 12 bridgehead atoms. The number of aryl methyl sites for hydroxylation is 1. The molecule has 0 atom stereocenters. The zero-order chi connectivity index (χ0) is 94.5. The summed E-state index contributed by atoms with van der Waals surface area (Å²) in [6.45, 7) is 44.1. The largest absolute Gasteiger partial charge is 0.507 e. The third-order valence-electron chi connectivity index (χ3n) is 24.6. The Hall–Kier alpha value is -13.4. The Bertz CT molecular complexity index is 7070. The number of aromatic hydroxyl groups is 4. The second-order valence-electron chi connectivity index (χ2n) is 40.3. The Balaban J connectivity index is 0.000000176. The number of carbonyl (C=O) groups excluding carboxylic acids is 1. The highest BCUT2D eigenvalue weighted by Crippen LogP contribution is 2.48. The maximum absolute atomic E-state index is 12.4. The first-order valence-corrected chi connectivity index (χ1v) is 44.8. The van der Waals surface area contributed by atoms with Gasteiger partial charge in [-0.05, 0) is 221 Å². The zero-order valence-electron chi connectivity index (χ0n) is 79.8. The molecule has 18 nitrogen and oxygen atoms in total. The van der Waals surface area contributed by atoms with Crippen molar-refractivity contribution in [3.8, 4) is 79.2 Å². The Morgan fingerprint density at radius 2 is 0.710 bits per heavy atom. The molecule has 18 heteroatoms. The van der Waals surface area contributed by atoms with Crippen LogP contribution in [0, 0.1) is 0 Å². The van der Waals surface area contributed by atoms with E-state index in [1.807, 2.05) is 134 Å². The van der Waals surface area contributed by atoms with Crippen molar-refractivity contribution in [3.63, 3.8) is 0 Å². The summed E-state index contributed by atoms with van der Waals surface area (Å²) >= 11 is 0. The summed E-state index contributed by atoms with van der Waals surface area (Å²) in [6.07, 6.45) is 9.76.